The van der Waals surface area contributed by atoms with E-state index in [4.69, 9.17) is 0 Å². The van der Waals surface area contributed by atoms with Crippen LogP contribution < -0.4 is 5.56 Å². The quantitative estimate of drug-likeness (QED) is 0.584. The van der Waals surface area contributed by atoms with E-state index < -0.39 is 0 Å². The lowest BCUT2D eigenvalue weighted by molar-refractivity contribution is 0.953. The summed E-state index contributed by atoms with van der Waals surface area (Å²) in [5.74, 6) is 0. The van der Waals surface area contributed by atoms with Gasteiger partial charge in [0.2, 0.25) is 0 Å². The summed E-state index contributed by atoms with van der Waals surface area (Å²) in [5, 5.41) is 2.67. The number of pyridine rings is 2. The number of benzene rings is 2. The molecule has 0 saturated heterocycles. The van der Waals surface area contributed by atoms with Crippen molar-refractivity contribution in [2.24, 2.45) is 0 Å². The average molecular weight is 300 g/mol. The first-order valence-corrected chi connectivity index (χ1v) is 7.75. The van der Waals surface area contributed by atoms with E-state index in [-0.39, 0.29) is 5.56 Å². The maximum Gasteiger partial charge on any atom is 0.257 e. The summed E-state index contributed by atoms with van der Waals surface area (Å²) < 4.78 is 0. The minimum Gasteiger partial charge on any atom is -0.306 e. The van der Waals surface area contributed by atoms with Gasteiger partial charge < -0.3 is 4.98 Å². The maximum absolute atomic E-state index is 12.1. The zero-order chi connectivity index (χ0) is 15.6. The fraction of sp³-hybridized carbons (Fsp3) is 0.100. The van der Waals surface area contributed by atoms with Gasteiger partial charge in [0.25, 0.3) is 5.56 Å². The van der Waals surface area contributed by atoms with E-state index in [0.29, 0.717) is 11.0 Å². The molecular weight excluding hydrogens is 284 g/mol. The number of aromatic amines is 1. The molecule has 0 aliphatic rings. The SMILES string of the molecule is O=c1[nH]c2ncc(CCc3ccccc3)cc2c2ccccc12. The van der Waals surface area contributed by atoms with Crippen molar-refractivity contribution in [3.8, 4) is 0 Å². The van der Waals surface area contributed by atoms with E-state index in [1.807, 2.05) is 36.5 Å². The van der Waals surface area contributed by atoms with E-state index in [0.717, 1.165) is 23.6 Å². The topological polar surface area (TPSA) is 45.8 Å². The average Bonchev–Trinajstić information content (AvgIpc) is 2.61. The van der Waals surface area contributed by atoms with E-state index in [2.05, 4.69) is 40.3 Å². The molecule has 4 rings (SSSR count). The second-order valence-electron chi connectivity index (χ2n) is 5.73. The van der Waals surface area contributed by atoms with Crippen molar-refractivity contribution >= 4 is 21.8 Å². The van der Waals surface area contributed by atoms with Crippen LogP contribution in [0.1, 0.15) is 11.1 Å². The van der Waals surface area contributed by atoms with Crippen LogP contribution in [-0.4, -0.2) is 9.97 Å². The van der Waals surface area contributed by atoms with Crippen molar-refractivity contribution in [1.29, 1.82) is 0 Å². The molecule has 2 aromatic heterocycles. The molecule has 0 atom stereocenters. The summed E-state index contributed by atoms with van der Waals surface area (Å²) in [7, 11) is 0. The number of nitrogens with zero attached hydrogens (tertiary/aromatic N) is 1. The molecule has 0 radical (unpaired) electrons. The van der Waals surface area contributed by atoms with Crippen LogP contribution in [0.5, 0.6) is 0 Å². The zero-order valence-corrected chi connectivity index (χ0v) is 12.6. The maximum atomic E-state index is 12.1. The van der Waals surface area contributed by atoms with E-state index in [1.54, 1.807) is 0 Å². The van der Waals surface area contributed by atoms with Crippen molar-refractivity contribution in [2.75, 3.05) is 0 Å². The van der Waals surface area contributed by atoms with Gasteiger partial charge in [-0.1, -0.05) is 48.5 Å². The first-order valence-electron chi connectivity index (χ1n) is 7.75. The number of nitrogens with one attached hydrogen (secondary N) is 1. The smallest absolute Gasteiger partial charge is 0.257 e. The molecule has 0 unspecified atom stereocenters. The van der Waals surface area contributed by atoms with Crippen molar-refractivity contribution in [3.63, 3.8) is 0 Å². The first kappa shape index (κ1) is 13.7. The Balaban J connectivity index is 1.76. The molecule has 0 fully saturated rings. The fourth-order valence-electron chi connectivity index (χ4n) is 2.97. The molecule has 4 aromatic rings. The van der Waals surface area contributed by atoms with Crippen LogP contribution >= 0.6 is 0 Å². The van der Waals surface area contributed by atoms with Gasteiger partial charge in [0, 0.05) is 17.0 Å². The van der Waals surface area contributed by atoms with Crippen LogP contribution in [0.3, 0.4) is 0 Å². The molecular formula is C20H16N2O. The molecule has 112 valence electrons. The summed E-state index contributed by atoms with van der Waals surface area (Å²) >= 11 is 0. The Morgan fingerprint density at radius 3 is 2.30 bits per heavy atom. The zero-order valence-electron chi connectivity index (χ0n) is 12.6. The molecule has 0 saturated carbocycles. The Hall–Kier alpha value is -2.94. The molecule has 0 spiro atoms. The van der Waals surface area contributed by atoms with Gasteiger partial charge in [-0.2, -0.15) is 0 Å². The third-order valence-corrected chi connectivity index (χ3v) is 4.18. The Morgan fingerprint density at radius 2 is 1.48 bits per heavy atom. The highest BCUT2D eigenvalue weighted by molar-refractivity contribution is 6.04. The van der Waals surface area contributed by atoms with Crippen molar-refractivity contribution < 1.29 is 0 Å². The molecule has 0 amide bonds. The van der Waals surface area contributed by atoms with E-state index in [1.165, 1.54) is 11.1 Å². The number of hydrogen-bond donors (Lipinski definition) is 1. The Kier molecular flexibility index (Phi) is 3.39. The highest BCUT2D eigenvalue weighted by atomic mass is 16.1. The monoisotopic (exact) mass is 300 g/mol. The summed E-state index contributed by atoms with van der Waals surface area (Å²) in [6, 6.07) is 20.3. The van der Waals surface area contributed by atoms with Crippen LogP contribution in [-0.2, 0) is 12.8 Å². The largest absolute Gasteiger partial charge is 0.306 e. The summed E-state index contributed by atoms with van der Waals surface area (Å²) in [6.07, 6.45) is 3.77. The second-order valence-corrected chi connectivity index (χ2v) is 5.73. The van der Waals surface area contributed by atoms with Gasteiger partial charge in [-0.25, -0.2) is 4.98 Å². The predicted molar refractivity (Wildman–Crippen MR) is 93.7 cm³/mol. The van der Waals surface area contributed by atoms with Gasteiger partial charge >= 0.3 is 0 Å². The highest BCUT2D eigenvalue weighted by Gasteiger charge is 2.06. The molecule has 23 heavy (non-hydrogen) atoms. The van der Waals surface area contributed by atoms with E-state index in [9.17, 15) is 4.79 Å². The standard InChI is InChI=1S/C20H16N2O/c23-20-17-9-5-4-8-16(17)18-12-15(13-21-19(18)22-20)11-10-14-6-2-1-3-7-14/h1-9,12-13H,10-11H2,(H,21,22,23). The number of aryl methyl sites for hydroxylation is 2. The minimum atomic E-state index is -0.0855. The molecule has 2 heterocycles. The van der Waals surface area contributed by atoms with Gasteiger partial charge in [-0.15, -0.1) is 0 Å². The number of hydrogen-bond acceptors (Lipinski definition) is 2. The number of rotatable bonds is 3. The van der Waals surface area contributed by atoms with Crippen LogP contribution in [0, 0.1) is 0 Å². The third kappa shape index (κ3) is 2.61. The molecule has 0 bridgehead atoms. The Morgan fingerprint density at radius 1 is 0.783 bits per heavy atom. The van der Waals surface area contributed by atoms with Crippen LogP contribution in [0.15, 0.2) is 71.7 Å². The minimum absolute atomic E-state index is 0.0855. The Labute approximate surface area is 133 Å². The number of H-pyrrole nitrogens is 1. The first-order chi connectivity index (χ1) is 11.3. The van der Waals surface area contributed by atoms with Gasteiger partial charge in [0.1, 0.15) is 5.65 Å². The summed E-state index contributed by atoms with van der Waals surface area (Å²) in [6.45, 7) is 0. The molecule has 0 aliphatic carbocycles. The molecule has 3 heteroatoms. The number of aromatic nitrogens is 2. The molecule has 3 nitrogen and oxygen atoms in total. The normalized spacial score (nSPS) is 11.1. The van der Waals surface area contributed by atoms with Crippen molar-refractivity contribution in [2.45, 2.75) is 12.8 Å². The van der Waals surface area contributed by atoms with Crippen molar-refractivity contribution in [3.05, 3.63) is 88.3 Å². The van der Waals surface area contributed by atoms with Gasteiger partial charge in [-0.05, 0) is 41.5 Å². The summed E-state index contributed by atoms with van der Waals surface area (Å²) in [5.41, 5.74) is 3.06. The molecule has 0 aliphatic heterocycles. The molecule has 1 N–H and O–H groups in total. The van der Waals surface area contributed by atoms with Crippen LogP contribution in [0.4, 0.5) is 0 Å². The second kappa shape index (κ2) is 5.69. The van der Waals surface area contributed by atoms with Gasteiger partial charge in [0.15, 0.2) is 0 Å². The number of fused-ring (bicyclic) bond motifs is 3. The predicted octanol–water partition coefficient (Wildman–Crippen LogP) is 3.86. The summed E-state index contributed by atoms with van der Waals surface area (Å²) in [4.78, 5) is 19.4. The molecule has 2 aromatic carbocycles. The van der Waals surface area contributed by atoms with Gasteiger partial charge in [-0.3, -0.25) is 4.79 Å². The van der Waals surface area contributed by atoms with Crippen LogP contribution in [0.2, 0.25) is 0 Å². The lowest BCUT2D eigenvalue weighted by Crippen LogP contribution is -2.07. The highest BCUT2D eigenvalue weighted by Crippen LogP contribution is 2.21. The third-order valence-electron chi connectivity index (χ3n) is 4.18. The van der Waals surface area contributed by atoms with Gasteiger partial charge in [0.05, 0.1) is 0 Å². The van der Waals surface area contributed by atoms with Crippen LogP contribution in [0.25, 0.3) is 21.8 Å². The Bertz CT molecular complexity index is 1040. The lowest BCUT2D eigenvalue weighted by Gasteiger charge is -2.06. The van der Waals surface area contributed by atoms with Crippen molar-refractivity contribution in [1.82, 2.24) is 9.97 Å². The fourth-order valence-corrected chi connectivity index (χ4v) is 2.97. The van der Waals surface area contributed by atoms with E-state index >= 15 is 0 Å². The lowest BCUT2D eigenvalue weighted by atomic mass is 10.0.